The molecule has 0 saturated carbocycles. The molecule has 0 aromatic heterocycles. The van der Waals surface area contributed by atoms with E-state index in [1.54, 1.807) is 0 Å². The summed E-state index contributed by atoms with van der Waals surface area (Å²) in [5, 5.41) is 2.09. The van der Waals surface area contributed by atoms with Crippen LogP contribution in [-0.4, -0.2) is 23.6 Å². The van der Waals surface area contributed by atoms with Gasteiger partial charge in [-0.3, -0.25) is 4.79 Å². The first-order valence-corrected chi connectivity index (χ1v) is 6.99. The van der Waals surface area contributed by atoms with E-state index in [9.17, 15) is 31.1 Å². The molecule has 9 heteroatoms. The predicted molar refractivity (Wildman–Crippen MR) is 73.7 cm³/mol. The minimum atomic E-state index is -4.53. The second-order valence-corrected chi connectivity index (χ2v) is 5.61. The van der Waals surface area contributed by atoms with Gasteiger partial charge < -0.3 is 5.32 Å². The average molecular weight is 355 g/mol. The first-order chi connectivity index (χ1) is 10.5. The third-order valence-corrected chi connectivity index (χ3v) is 3.23. The molecule has 126 valence electrons. The maximum absolute atomic E-state index is 12.4. The highest BCUT2D eigenvalue weighted by atomic mass is 32.2. The van der Waals surface area contributed by atoms with E-state index in [4.69, 9.17) is 6.42 Å². The topological polar surface area (TPSA) is 29.1 Å². The summed E-state index contributed by atoms with van der Waals surface area (Å²) in [5.41, 5.74) is -4.71. The molecule has 0 spiro atoms. The molecule has 0 bridgehead atoms. The third kappa shape index (κ3) is 7.83. The molecule has 1 aromatic rings. The summed E-state index contributed by atoms with van der Waals surface area (Å²) in [5.74, 6) is 1.10. The van der Waals surface area contributed by atoms with Crippen LogP contribution in [0, 0.1) is 12.3 Å². The van der Waals surface area contributed by atoms with Gasteiger partial charge >= 0.3 is 11.7 Å². The zero-order valence-corrected chi connectivity index (χ0v) is 12.3. The van der Waals surface area contributed by atoms with Gasteiger partial charge in [-0.25, -0.2) is 0 Å². The predicted octanol–water partition coefficient (Wildman–Crippen LogP) is 4.37. The van der Waals surface area contributed by atoms with Crippen LogP contribution in [0.1, 0.15) is 23.2 Å². The Kier molecular flexibility index (Phi) is 6.38. The minimum absolute atomic E-state index is 0.177. The molecule has 0 saturated heterocycles. The quantitative estimate of drug-likeness (QED) is 0.483. The van der Waals surface area contributed by atoms with Crippen LogP contribution in [0.25, 0.3) is 0 Å². The Labute approximate surface area is 132 Å². The highest BCUT2D eigenvalue weighted by Gasteiger charge is 2.33. The van der Waals surface area contributed by atoms with Gasteiger partial charge in [-0.2, -0.15) is 26.3 Å². The maximum Gasteiger partial charge on any atom is 0.446 e. The Hall–Kier alpha value is -1.82. The number of hydrogen-bond acceptors (Lipinski definition) is 2. The van der Waals surface area contributed by atoms with Crippen molar-refractivity contribution in [2.75, 3.05) is 0 Å². The highest BCUT2D eigenvalue weighted by Crippen LogP contribution is 2.37. The number of nitrogens with one attached hydrogen (secondary N) is 1. The van der Waals surface area contributed by atoms with Crippen molar-refractivity contribution >= 4 is 17.7 Å². The molecule has 23 heavy (non-hydrogen) atoms. The van der Waals surface area contributed by atoms with Gasteiger partial charge in [0.25, 0.3) is 5.91 Å². The number of alkyl halides is 6. The number of amides is 1. The smallest absolute Gasteiger partial charge is 0.348 e. The van der Waals surface area contributed by atoms with E-state index in [0.717, 1.165) is 12.1 Å². The molecular formula is C14H11F6NOS. The van der Waals surface area contributed by atoms with Gasteiger partial charge in [-0.05, 0) is 30.0 Å². The molecule has 0 heterocycles. The van der Waals surface area contributed by atoms with Gasteiger partial charge in [-0.15, -0.1) is 12.3 Å². The maximum atomic E-state index is 12.4. The van der Waals surface area contributed by atoms with E-state index in [0.29, 0.717) is 0 Å². The van der Waals surface area contributed by atoms with E-state index in [-0.39, 0.29) is 16.9 Å². The second-order valence-electron chi connectivity index (χ2n) is 4.47. The first kappa shape index (κ1) is 19.2. The summed E-state index contributed by atoms with van der Waals surface area (Å²) >= 11 is -0.421. The van der Waals surface area contributed by atoms with Crippen molar-refractivity contribution in [2.45, 2.75) is 35.5 Å². The van der Waals surface area contributed by atoms with Gasteiger partial charge in [0.2, 0.25) is 0 Å². The third-order valence-electron chi connectivity index (χ3n) is 2.51. The van der Waals surface area contributed by atoms with E-state index in [1.165, 1.54) is 12.1 Å². The molecule has 0 unspecified atom stereocenters. The molecule has 1 aromatic carbocycles. The standard InChI is InChI=1S/C14H11F6NOS/c1-2-4-10(8-13(15,16)17)21-12(22)9-5-3-6-11(7-9)23-14(18,19)20/h1,3,5-7,10H,4,8H2,(H,21,22)/t10-/m1/s1. The van der Waals surface area contributed by atoms with Crippen LogP contribution >= 0.6 is 11.8 Å². The van der Waals surface area contributed by atoms with Crippen molar-refractivity contribution < 1.29 is 31.1 Å². The normalized spacial score (nSPS) is 13.3. The van der Waals surface area contributed by atoms with Gasteiger partial charge in [0.05, 0.1) is 6.42 Å². The van der Waals surface area contributed by atoms with Crippen LogP contribution in [0.5, 0.6) is 0 Å². The van der Waals surface area contributed by atoms with Crippen LogP contribution in [0.2, 0.25) is 0 Å². The van der Waals surface area contributed by atoms with Gasteiger partial charge in [0.15, 0.2) is 0 Å². The summed E-state index contributed by atoms with van der Waals surface area (Å²) < 4.78 is 74.0. The number of terminal acetylenes is 1. The van der Waals surface area contributed by atoms with Crippen LogP contribution in [-0.2, 0) is 0 Å². The SMILES string of the molecule is C#CC[C@H](CC(F)(F)F)NC(=O)c1cccc(SC(F)(F)F)c1. The molecular weight excluding hydrogens is 344 g/mol. The van der Waals surface area contributed by atoms with Gasteiger partial charge in [0.1, 0.15) is 0 Å². The van der Waals surface area contributed by atoms with E-state index < -0.39 is 41.8 Å². The van der Waals surface area contributed by atoms with Crippen LogP contribution in [0.3, 0.4) is 0 Å². The number of hydrogen-bond donors (Lipinski definition) is 1. The fourth-order valence-electron chi connectivity index (χ4n) is 1.70. The molecule has 1 atom stereocenters. The lowest BCUT2D eigenvalue weighted by molar-refractivity contribution is -0.139. The molecule has 1 amide bonds. The monoisotopic (exact) mass is 355 g/mol. The first-order valence-electron chi connectivity index (χ1n) is 6.17. The lowest BCUT2D eigenvalue weighted by Crippen LogP contribution is -2.38. The Balaban J connectivity index is 2.83. The summed E-state index contributed by atoms with van der Waals surface area (Å²) in [6, 6.07) is 3.17. The van der Waals surface area contributed by atoms with E-state index in [2.05, 4.69) is 5.32 Å². The van der Waals surface area contributed by atoms with Gasteiger partial charge in [0, 0.05) is 22.9 Å². The van der Waals surface area contributed by atoms with Crippen molar-refractivity contribution in [3.63, 3.8) is 0 Å². The average Bonchev–Trinajstić information content (AvgIpc) is 2.35. The number of thioether (sulfide) groups is 1. The van der Waals surface area contributed by atoms with Crippen LogP contribution < -0.4 is 5.32 Å². The molecule has 1 rings (SSSR count). The zero-order chi connectivity index (χ0) is 17.7. The minimum Gasteiger partial charge on any atom is -0.348 e. The Morgan fingerprint density at radius 1 is 1.26 bits per heavy atom. The number of benzene rings is 1. The fourth-order valence-corrected chi connectivity index (χ4v) is 2.30. The van der Waals surface area contributed by atoms with Gasteiger partial charge in [-0.1, -0.05) is 6.07 Å². The van der Waals surface area contributed by atoms with Crippen LogP contribution in [0.15, 0.2) is 29.2 Å². The number of halogens is 6. The number of carbonyl (C=O) groups is 1. The largest absolute Gasteiger partial charge is 0.446 e. The van der Waals surface area contributed by atoms with E-state index in [1.807, 2.05) is 5.92 Å². The molecule has 0 aliphatic rings. The molecule has 2 nitrogen and oxygen atoms in total. The molecule has 1 N–H and O–H groups in total. The van der Waals surface area contributed by atoms with Crippen molar-refractivity contribution in [1.82, 2.24) is 5.32 Å². The zero-order valence-electron chi connectivity index (χ0n) is 11.5. The Morgan fingerprint density at radius 3 is 2.43 bits per heavy atom. The summed E-state index contributed by atoms with van der Waals surface area (Å²) in [6.45, 7) is 0. The van der Waals surface area contributed by atoms with Crippen molar-refractivity contribution in [3.05, 3.63) is 29.8 Å². The second kappa shape index (κ2) is 7.64. The Morgan fingerprint density at radius 2 is 1.91 bits per heavy atom. The van der Waals surface area contributed by atoms with E-state index >= 15 is 0 Å². The summed E-state index contributed by atoms with van der Waals surface area (Å²) in [6.07, 6.45) is -1.23. The number of rotatable bonds is 5. The van der Waals surface area contributed by atoms with Crippen molar-refractivity contribution in [1.29, 1.82) is 0 Å². The summed E-state index contributed by atoms with van der Waals surface area (Å²) in [4.78, 5) is 11.7. The van der Waals surface area contributed by atoms with Crippen LogP contribution in [0.4, 0.5) is 26.3 Å². The van der Waals surface area contributed by atoms with Crippen molar-refractivity contribution in [3.8, 4) is 12.3 Å². The number of carbonyl (C=O) groups excluding carboxylic acids is 1. The highest BCUT2D eigenvalue weighted by molar-refractivity contribution is 8.00. The molecule has 0 aliphatic heterocycles. The fraction of sp³-hybridized carbons (Fsp3) is 0.357. The Bertz CT molecular complexity index is 590. The molecule has 0 radical (unpaired) electrons. The molecule has 0 aliphatic carbocycles. The lowest BCUT2D eigenvalue weighted by Gasteiger charge is -2.18. The van der Waals surface area contributed by atoms with Crippen molar-refractivity contribution in [2.24, 2.45) is 0 Å². The summed E-state index contributed by atoms with van der Waals surface area (Å²) in [7, 11) is 0. The molecule has 0 fully saturated rings. The lowest BCUT2D eigenvalue weighted by atomic mass is 10.1.